The highest BCUT2D eigenvalue weighted by atomic mass is 16.5. The number of benzene rings is 1. The van der Waals surface area contributed by atoms with Crippen molar-refractivity contribution in [3.63, 3.8) is 0 Å². The maximum Gasteiger partial charge on any atom is 0.309 e. The van der Waals surface area contributed by atoms with Crippen LogP contribution >= 0.6 is 0 Å². The third-order valence-electron chi connectivity index (χ3n) is 6.11. The lowest BCUT2D eigenvalue weighted by Crippen LogP contribution is -2.40. The summed E-state index contributed by atoms with van der Waals surface area (Å²) in [4.78, 5) is 34.4. The Bertz CT molecular complexity index is 1100. The van der Waals surface area contributed by atoms with Gasteiger partial charge in [0.25, 0.3) is 0 Å². The van der Waals surface area contributed by atoms with Crippen molar-refractivity contribution in [3.8, 4) is 0 Å². The number of ether oxygens (including phenoxy) is 1. The Morgan fingerprint density at radius 3 is 2.69 bits per heavy atom. The van der Waals surface area contributed by atoms with Crippen molar-refractivity contribution in [3.05, 3.63) is 59.5 Å². The number of H-pyrrole nitrogens is 1. The van der Waals surface area contributed by atoms with Gasteiger partial charge in [-0.25, -0.2) is 0 Å². The first-order valence-electron chi connectivity index (χ1n) is 11.2. The number of hydrogen-bond acceptors (Lipinski definition) is 5. The van der Waals surface area contributed by atoms with Gasteiger partial charge in [-0.2, -0.15) is 0 Å². The normalized spacial score (nSPS) is 16.1. The maximum atomic E-state index is 12.2. The van der Waals surface area contributed by atoms with Gasteiger partial charge in [-0.15, -0.1) is 0 Å². The smallest absolute Gasteiger partial charge is 0.309 e. The molecule has 1 aliphatic heterocycles. The summed E-state index contributed by atoms with van der Waals surface area (Å²) in [5, 5.41) is 3.96. The van der Waals surface area contributed by atoms with Gasteiger partial charge in [0.05, 0.1) is 24.3 Å². The molecule has 1 amide bonds. The lowest BCUT2D eigenvalue weighted by atomic mass is 9.92. The Labute approximate surface area is 188 Å². The van der Waals surface area contributed by atoms with Crippen LogP contribution in [0.3, 0.4) is 0 Å². The number of anilines is 1. The number of esters is 1. The van der Waals surface area contributed by atoms with Crippen molar-refractivity contribution in [2.75, 3.05) is 25.0 Å². The third-order valence-corrected chi connectivity index (χ3v) is 6.11. The standard InChI is InChI=1S/C25H30N4O3/c1-4-32-25(31)18-10-13-29(14-11-18)24(22-7-5-6-12-26-22)23-16(2)27-21-9-8-19(15-20(21)23)28-17(3)30/h5-9,12,15,18,24,27H,4,10-11,13-14H2,1-3H3,(H,28,30). The highest BCUT2D eigenvalue weighted by Crippen LogP contribution is 2.38. The van der Waals surface area contributed by atoms with Crippen molar-refractivity contribution in [1.29, 1.82) is 0 Å². The van der Waals surface area contributed by atoms with E-state index in [0.717, 1.165) is 59.5 Å². The number of aryl methyl sites for hydroxylation is 1. The number of rotatable bonds is 6. The van der Waals surface area contributed by atoms with E-state index in [1.165, 1.54) is 6.92 Å². The molecule has 1 unspecified atom stereocenters. The van der Waals surface area contributed by atoms with E-state index in [0.29, 0.717) is 6.61 Å². The van der Waals surface area contributed by atoms with Gasteiger partial charge in [-0.1, -0.05) is 6.07 Å². The molecular weight excluding hydrogens is 404 g/mol. The summed E-state index contributed by atoms with van der Waals surface area (Å²) in [6, 6.07) is 11.9. The van der Waals surface area contributed by atoms with Crippen LogP contribution in [-0.2, 0) is 14.3 Å². The average Bonchev–Trinajstić information content (AvgIpc) is 3.10. The minimum Gasteiger partial charge on any atom is -0.466 e. The van der Waals surface area contributed by atoms with Gasteiger partial charge >= 0.3 is 5.97 Å². The zero-order chi connectivity index (χ0) is 22.7. The van der Waals surface area contributed by atoms with E-state index in [9.17, 15) is 9.59 Å². The van der Waals surface area contributed by atoms with Gasteiger partial charge in [0.15, 0.2) is 0 Å². The van der Waals surface area contributed by atoms with Crippen LogP contribution in [0.5, 0.6) is 0 Å². The second-order valence-electron chi connectivity index (χ2n) is 8.32. The number of aromatic nitrogens is 2. The van der Waals surface area contributed by atoms with Crippen LogP contribution in [-0.4, -0.2) is 46.4 Å². The Kier molecular flexibility index (Phi) is 6.55. The Hall–Kier alpha value is -3.19. The maximum absolute atomic E-state index is 12.2. The molecule has 0 bridgehead atoms. The lowest BCUT2D eigenvalue weighted by Gasteiger charge is -2.37. The quantitative estimate of drug-likeness (QED) is 0.568. The number of hydrogen-bond donors (Lipinski definition) is 2. The number of nitrogens with zero attached hydrogens (tertiary/aromatic N) is 2. The molecule has 32 heavy (non-hydrogen) atoms. The summed E-state index contributed by atoms with van der Waals surface area (Å²) in [5.74, 6) is -0.240. The average molecular weight is 435 g/mol. The zero-order valence-corrected chi connectivity index (χ0v) is 18.9. The molecule has 7 nitrogen and oxygen atoms in total. The second kappa shape index (κ2) is 9.53. The van der Waals surface area contributed by atoms with Crippen LogP contribution in [0, 0.1) is 12.8 Å². The number of pyridine rings is 1. The molecule has 7 heteroatoms. The number of amides is 1. The zero-order valence-electron chi connectivity index (χ0n) is 18.9. The predicted octanol–water partition coefficient (Wildman–Crippen LogP) is 4.19. The molecule has 3 heterocycles. The number of carbonyl (C=O) groups is 2. The van der Waals surface area contributed by atoms with Crippen LogP contribution in [0.1, 0.15) is 49.7 Å². The van der Waals surface area contributed by atoms with Crippen molar-refractivity contribution in [2.45, 2.75) is 39.7 Å². The van der Waals surface area contributed by atoms with Gasteiger partial charge in [-0.3, -0.25) is 19.5 Å². The Morgan fingerprint density at radius 1 is 1.25 bits per heavy atom. The summed E-state index contributed by atoms with van der Waals surface area (Å²) in [6.07, 6.45) is 3.35. The number of likely N-dealkylation sites (tertiary alicyclic amines) is 1. The lowest BCUT2D eigenvalue weighted by molar-refractivity contribution is -0.149. The summed E-state index contributed by atoms with van der Waals surface area (Å²) in [6.45, 7) is 7.41. The number of fused-ring (bicyclic) bond motifs is 1. The molecule has 0 radical (unpaired) electrons. The first-order chi connectivity index (χ1) is 15.5. The molecule has 0 saturated carbocycles. The second-order valence-corrected chi connectivity index (χ2v) is 8.32. The molecule has 3 aromatic rings. The molecule has 168 valence electrons. The fourth-order valence-electron chi connectivity index (χ4n) is 4.69. The fraction of sp³-hybridized carbons (Fsp3) is 0.400. The number of piperidine rings is 1. The van der Waals surface area contributed by atoms with E-state index in [4.69, 9.17) is 9.72 Å². The monoisotopic (exact) mass is 434 g/mol. The van der Waals surface area contributed by atoms with E-state index in [-0.39, 0.29) is 23.8 Å². The van der Waals surface area contributed by atoms with Crippen molar-refractivity contribution >= 4 is 28.5 Å². The summed E-state index contributed by atoms with van der Waals surface area (Å²) in [7, 11) is 0. The summed E-state index contributed by atoms with van der Waals surface area (Å²) in [5.41, 5.74) is 4.99. The molecular formula is C25H30N4O3. The number of nitrogens with one attached hydrogen (secondary N) is 2. The minimum absolute atomic E-state index is 0.0500. The molecule has 4 rings (SSSR count). The minimum atomic E-state index is -0.0968. The summed E-state index contributed by atoms with van der Waals surface area (Å²) >= 11 is 0. The van der Waals surface area contributed by atoms with Crippen LogP contribution in [0.2, 0.25) is 0 Å². The highest BCUT2D eigenvalue weighted by Gasteiger charge is 2.33. The predicted molar refractivity (Wildman–Crippen MR) is 124 cm³/mol. The molecule has 0 aliphatic carbocycles. The topological polar surface area (TPSA) is 87.3 Å². The van der Waals surface area contributed by atoms with Crippen molar-refractivity contribution in [1.82, 2.24) is 14.9 Å². The molecule has 1 aromatic carbocycles. The van der Waals surface area contributed by atoms with Crippen LogP contribution in [0.15, 0.2) is 42.6 Å². The van der Waals surface area contributed by atoms with E-state index in [1.54, 1.807) is 0 Å². The van der Waals surface area contributed by atoms with Crippen LogP contribution in [0.25, 0.3) is 10.9 Å². The van der Waals surface area contributed by atoms with E-state index in [2.05, 4.69) is 28.2 Å². The molecule has 1 saturated heterocycles. The number of carbonyl (C=O) groups excluding carboxylic acids is 2. The SMILES string of the molecule is CCOC(=O)C1CCN(C(c2ccccn2)c2c(C)[nH]c3ccc(NC(C)=O)cc23)CC1. The van der Waals surface area contributed by atoms with Gasteiger partial charge in [0.2, 0.25) is 5.91 Å². The van der Waals surface area contributed by atoms with Crippen molar-refractivity contribution < 1.29 is 14.3 Å². The third kappa shape index (κ3) is 4.53. The van der Waals surface area contributed by atoms with E-state index < -0.39 is 0 Å². The van der Waals surface area contributed by atoms with Gasteiger partial charge in [0, 0.05) is 41.0 Å². The van der Waals surface area contributed by atoms with E-state index in [1.807, 2.05) is 43.5 Å². The van der Waals surface area contributed by atoms with E-state index >= 15 is 0 Å². The first kappa shape index (κ1) is 22.0. The largest absolute Gasteiger partial charge is 0.466 e. The molecule has 0 spiro atoms. The molecule has 1 fully saturated rings. The van der Waals surface area contributed by atoms with Crippen molar-refractivity contribution in [2.24, 2.45) is 5.92 Å². The van der Waals surface area contributed by atoms with Crippen LogP contribution in [0.4, 0.5) is 5.69 Å². The Balaban J connectivity index is 1.72. The van der Waals surface area contributed by atoms with Crippen LogP contribution < -0.4 is 5.32 Å². The molecule has 2 aromatic heterocycles. The molecule has 1 aliphatic rings. The molecule has 2 N–H and O–H groups in total. The Morgan fingerprint density at radius 2 is 2.03 bits per heavy atom. The number of aromatic amines is 1. The van der Waals surface area contributed by atoms with Gasteiger partial charge < -0.3 is 15.0 Å². The highest BCUT2D eigenvalue weighted by molar-refractivity contribution is 5.94. The molecule has 1 atom stereocenters. The van der Waals surface area contributed by atoms with Gasteiger partial charge in [-0.05, 0) is 70.1 Å². The van der Waals surface area contributed by atoms with Gasteiger partial charge in [0.1, 0.15) is 0 Å². The fourth-order valence-corrected chi connectivity index (χ4v) is 4.69. The first-order valence-corrected chi connectivity index (χ1v) is 11.2. The summed E-state index contributed by atoms with van der Waals surface area (Å²) < 4.78 is 5.25.